The monoisotopic (exact) mass is 2030 g/mol. The van der Waals surface area contributed by atoms with Gasteiger partial charge in [-0.3, -0.25) is 51.0 Å². The number of aromatic amines is 5. The number of furan rings is 1. The molecule has 766 valence electrons. The zero-order valence-electron chi connectivity index (χ0n) is 83.2. The first kappa shape index (κ1) is 97.7. The largest absolute Gasteiger partial charge is 0.481 e. The lowest BCUT2D eigenvalue weighted by Crippen LogP contribution is -2.29. The van der Waals surface area contributed by atoms with E-state index >= 15 is 0 Å². The number of nitrogens with one attached hydrogen (secondary N) is 7. The Morgan fingerprint density at radius 2 is 0.893 bits per heavy atom. The smallest absolute Gasteiger partial charge is 0.306 e. The first-order chi connectivity index (χ1) is 73.0. The minimum Gasteiger partial charge on any atom is -0.481 e. The highest BCUT2D eigenvalue weighted by Gasteiger charge is 2.37. The predicted molar refractivity (Wildman–Crippen MR) is 578 cm³/mol. The van der Waals surface area contributed by atoms with Crippen molar-refractivity contribution >= 4 is 147 Å². The van der Waals surface area contributed by atoms with E-state index < -0.39 is 5.97 Å². The van der Waals surface area contributed by atoms with Gasteiger partial charge in [-0.1, -0.05) is 30.3 Å². The van der Waals surface area contributed by atoms with E-state index in [4.69, 9.17) is 63.7 Å². The van der Waals surface area contributed by atoms with Crippen LogP contribution in [0.5, 0.6) is 0 Å². The van der Waals surface area contributed by atoms with Gasteiger partial charge in [0.2, 0.25) is 17.7 Å². The lowest BCUT2D eigenvalue weighted by Gasteiger charge is -2.27. The summed E-state index contributed by atoms with van der Waals surface area (Å²) in [6.45, 7) is 6.93. The van der Waals surface area contributed by atoms with Crippen LogP contribution in [0, 0.1) is 36.5 Å². The molecule has 26 rings (SSSR count). The molecule has 19 aromatic heterocycles. The van der Waals surface area contributed by atoms with Crippen LogP contribution in [0.2, 0.25) is 0 Å². The van der Waals surface area contributed by atoms with Crippen LogP contribution in [0.3, 0.4) is 0 Å². The molecule has 21 N–H and O–H groups in total. The zero-order valence-corrected chi connectivity index (χ0v) is 84.0. The summed E-state index contributed by atoms with van der Waals surface area (Å²) in [5.74, 6) is 9.45. The summed E-state index contributed by atoms with van der Waals surface area (Å²) in [4.78, 5) is 133. The van der Waals surface area contributed by atoms with Gasteiger partial charge in [0.15, 0.2) is 5.76 Å². The van der Waals surface area contributed by atoms with Gasteiger partial charge in [0.25, 0.3) is 5.56 Å². The molecule has 5 aliphatic carbocycles. The average Bonchev–Trinajstić information content (AvgIpc) is 1.60. The summed E-state index contributed by atoms with van der Waals surface area (Å²) in [7, 11) is 0. The van der Waals surface area contributed by atoms with Crippen molar-refractivity contribution in [1.29, 1.82) is 0 Å². The fraction of sp³-hybridized carbons (Fsp3) is 0.327. The minimum absolute atomic E-state index is 0.0387. The van der Waals surface area contributed by atoms with Crippen molar-refractivity contribution in [2.75, 3.05) is 48.4 Å². The molecule has 0 unspecified atom stereocenters. The molecule has 19 heterocycles. The second-order valence-corrected chi connectivity index (χ2v) is 41.1. The summed E-state index contributed by atoms with van der Waals surface area (Å²) in [5, 5.41) is 31.6. The maximum absolute atomic E-state index is 12.1. The minimum atomic E-state index is -0.728. The summed E-state index contributed by atoms with van der Waals surface area (Å²) in [6, 6.07) is 33.9. The van der Waals surface area contributed by atoms with E-state index in [1.54, 1.807) is 74.8 Å². The predicted octanol–water partition coefficient (Wildman–Crippen LogP) is 17.7. The number of nitrogens with two attached hydrogens (primary N) is 6. The number of nitrogens with zero attached hydrogens (tertiary/aromatic N) is 18. The van der Waals surface area contributed by atoms with Crippen LogP contribution in [0.25, 0.3) is 150 Å². The maximum atomic E-state index is 12.1. The molecule has 0 atom stereocenters. The number of thiazole rings is 1. The number of benzene rings is 2. The van der Waals surface area contributed by atoms with E-state index in [-0.39, 0.29) is 53.6 Å². The molecule has 40 heteroatoms. The molecule has 0 radical (unpaired) electrons. The number of aryl methyl sites for hydroxylation is 1. The number of primary amides is 1. The lowest BCUT2D eigenvalue weighted by atomic mass is 9.81. The van der Waals surface area contributed by atoms with E-state index in [1.165, 1.54) is 0 Å². The Morgan fingerprint density at radius 3 is 1.39 bits per heavy atom. The maximum Gasteiger partial charge on any atom is 0.306 e. The molecule has 0 saturated heterocycles. The fourth-order valence-electron chi connectivity index (χ4n) is 23.0. The van der Waals surface area contributed by atoms with Crippen molar-refractivity contribution in [3.8, 4) is 67.6 Å². The van der Waals surface area contributed by atoms with Crippen LogP contribution in [0.15, 0.2) is 198 Å². The number of amides is 3. The number of hydrogen-bond donors (Lipinski definition) is 15. The highest BCUT2D eigenvalue weighted by Crippen LogP contribution is 2.48. The van der Waals surface area contributed by atoms with Crippen LogP contribution in [-0.4, -0.2) is 165 Å². The molecule has 3 amide bonds. The zero-order chi connectivity index (χ0) is 103. The van der Waals surface area contributed by atoms with Crippen LogP contribution < -0.4 is 50.6 Å². The Morgan fingerprint density at radius 1 is 0.440 bits per heavy atom. The number of aromatic nitrogens is 23. The number of hydrogen-bond acceptors (Lipinski definition) is 26. The molecule has 5 saturated carbocycles. The number of pyridine rings is 3. The van der Waals surface area contributed by atoms with Crippen molar-refractivity contribution < 1.29 is 33.8 Å². The number of anilines is 5. The SMILES string of the molecule is CC(=O)NCC1CCC(c2nc(-c3cc4cccnc4[nH]3)c3c(N)nccn23)CC1.CC(=O)NCC1CCC(c2nc(-c3cc4ncccc4[nH]3)c3c(N)nccn23)CC1.Cc1cnc(N)c2c(-c3cc4ccccc4o3)nc(C3CCC(C(N)=O)CC3)n12.Nc1nccn2c(C3CCC(C(=O)O)CC3)nc(-c3cc4cc[nH]c(=O)c4[nH]3)c12.Nc1nccn2c(C3CCC(CO)CC3)nc(-c3cc4cccc(-c5nccs5)c4[nH]3)c12. The number of aliphatic hydroxyl groups is 1. The van der Waals surface area contributed by atoms with Crippen LogP contribution in [-0.2, 0) is 19.2 Å². The molecule has 5 fully saturated rings. The second-order valence-electron chi connectivity index (χ2n) is 40.2. The molecule has 0 aliphatic heterocycles. The molecule has 2 aromatic carbocycles. The molecule has 150 heavy (non-hydrogen) atoms. The number of rotatable bonds is 18. The Labute approximate surface area is 861 Å². The Hall–Kier alpha value is -17.0. The van der Waals surface area contributed by atoms with Gasteiger partial charge in [-0.2, -0.15) is 0 Å². The van der Waals surface area contributed by atoms with Crippen molar-refractivity contribution in [2.45, 2.75) is 179 Å². The molecule has 21 aromatic rings. The first-order valence-corrected chi connectivity index (χ1v) is 52.2. The molecule has 5 aliphatic rings. The van der Waals surface area contributed by atoms with Gasteiger partial charge in [0.05, 0.1) is 45.2 Å². The fourth-order valence-corrected chi connectivity index (χ4v) is 23.6. The average molecular weight is 2030 g/mol. The van der Waals surface area contributed by atoms with Gasteiger partial charge in [0, 0.05) is 188 Å². The third kappa shape index (κ3) is 19.4. The van der Waals surface area contributed by atoms with Gasteiger partial charge in [-0.05, 0) is 226 Å². The topological polar surface area (TPSA) is 588 Å². The number of imidazole rings is 5. The van der Waals surface area contributed by atoms with Crippen molar-refractivity contribution in [2.24, 2.45) is 35.3 Å². The third-order valence-electron chi connectivity index (χ3n) is 30.8. The quantitative estimate of drug-likeness (QED) is 0.0379. The molecule has 39 nitrogen and oxygen atoms in total. The highest BCUT2D eigenvalue weighted by molar-refractivity contribution is 7.13. The number of carboxylic acids is 1. The number of aliphatic hydroxyl groups excluding tert-OH is 1. The van der Waals surface area contributed by atoms with Gasteiger partial charge >= 0.3 is 5.97 Å². The normalized spacial score (nSPS) is 19.5. The summed E-state index contributed by atoms with van der Waals surface area (Å²) >= 11 is 1.63. The van der Waals surface area contributed by atoms with Crippen LogP contribution in [0.1, 0.15) is 207 Å². The number of para-hydroxylation sites is 2. The number of fused-ring (bicyclic) bond motifs is 10. The summed E-state index contributed by atoms with van der Waals surface area (Å²) < 4.78 is 16.4. The second kappa shape index (κ2) is 41.7. The molecular formula is C110H117N31O8S. The number of carboxylic acid groups (broad SMARTS) is 1. The number of aliphatic carboxylic acids is 1. The van der Waals surface area contributed by atoms with Gasteiger partial charge in [0.1, 0.15) is 136 Å². The van der Waals surface area contributed by atoms with E-state index in [2.05, 4.69) is 123 Å². The number of H-pyrrole nitrogens is 5. The van der Waals surface area contributed by atoms with E-state index in [9.17, 15) is 34.2 Å². The molecular weight excluding hydrogens is 1920 g/mol. The van der Waals surface area contributed by atoms with Gasteiger partial charge < -0.3 is 84.6 Å². The number of carbonyl (C=O) groups excluding carboxylic acids is 3. The van der Waals surface area contributed by atoms with Crippen molar-refractivity contribution in [3.63, 3.8) is 0 Å². The van der Waals surface area contributed by atoms with E-state index in [0.29, 0.717) is 111 Å². The Bertz CT molecular complexity index is 8380. The van der Waals surface area contributed by atoms with Gasteiger partial charge in [-0.25, -0.2) is 59.8 Å². The van der Waals surface area contributed by atoms with Crippen LogP contribution >= 0.6 is 11.3 Å². The van der Waals surface area contributed by atoms with Crippen molar-refractivity contribution in [3.05, 3.63) is 234 Å². The highest BCUT2D eigenvalue weighted by atomic mass is 32.1. The van der Waals surface area contributed by atoms with E-state index in [1.807, 2.05) is 120 Å². The number of carbonyl (C=O) groups is 4. The van der Waals surface area contributed by atoms with Crippen LogP contribution in [0.4, 0.5) is 29.1 Å². The Kier molecular flexibility index (Phi) is 27.2. The molecule has 0 bridgehead atoms. The first-order valence-electron chi connectivity index (χ1n) is 51.3. The standard InChI is InChI=1S/C24H24N6OS.2C22H25N7O.C22H23N5O2.C20H20N6O3/c25-22-21-20(18-12-16-2-1-3-17(19(16)28-18)24-27-9-11-32-24)29-23(30(21)10-8-26-22)15-6-4-14(13-31)5-7-15;1-13(30)26-12-14-4-6-15(7-5-14)22-28-19(20-21(23)25-9-10-29(20)22)18-11-17-16(27-18)3-2-8-24-17;1-13(30)26-12-14-4-6-15(7-5-14)22-28-18(19-20(23)24-9-10-29(19)22)17-11-16-3-2-8-25-21(16)27-17;1-12-11-25-20(23)19-18(17-10-15-4-2-3-5-16(15)29-17)26-22(27(12)19)14-8-6-13(7-9-14)21(24)28;21-17-16-15(13-9-12-5-6-23-19(27)14(12)24-13)25-18(26(16)8-7-22-17)10-1-3-11(4-2-10)20(28)29/h1-3,8-12,14-15,28,31H,4-7,13H2,(H2,25,26);2-3,8-11,14-15,27H,4-7,12H2,1H3,(H2,23,25)(H,26,30);2-3,8-11,14-15H,4-7,12H2,1H3,(H2,23,24)(H,25,27)(H,26,30);2-5,10-11,13-14H,6-9H2,1H3,(H2,23,25)(H2,24,28);5-11,24H,1-4H2,(H2,21,22)(H,23,27)(H,28,29). The summed E-state index contributed by atoms with van der Waals surface area (Å²) in [6.07, 6.45) is 41.9. The summed E-state index contributed by atoms with van der Waals surface area (Å²) in [5.41, 5.74) is 55.0. The molecule has 0 spiro atoms. The lowest BCUT2D eigenvalue weighted by molar-refractivity contribution is -0.143. The van der Waals surface area contributed by atoms with E-state index in [0.717, 1.165) is 280 Å². The third-order valence-corrected chi connectivity index (χ3v) is 31.6. The number of nitrogen functional groups attached to an aromatic ring is 5. The Balaban J connectivity index is 0.000000106. The van der Waals surface area contributed by atoms with Crippen molar-refractivity contribution in [1.82, 2.24) is 122 Å². The van der Waals surface area contributed by atoms with Gasteiger partial charge in [-0.15, -0.1) is 11.3 Å².